The lowest BCUT2D eigenvalue weighted by Gasteiger charge is -2.08. The number of hydrogen-bond acceptors (Lipinski definition) is 4. The Hall–Kier alpha value is -2.31. The highest BCUT2D eigenvalue weighted by Gasteiger charge is 2.23. The number of aryl methyl sites for hydroxylation is 2. The van der Waals surface area contributed by atoms with E-state index in [0.29, 0.717) is 21.3 Å². The summed E-state index contributed by atoms with van der Waals surface area (Å²) in [4.78, 5) is 26.1. The number of fused-ring (bicyclic) bond motifs is 1. The van der Waals surface area contributed by atoms with Crippen LogP contribution in [-0.4, -0.2) is 23.1 Å². The molecule has 0 aliphatic heterocycles. The molecule has 5 nitrogen and oxygen atoms in total. The highest BCUT2D eigenvalue weighted by molar-refractivity contribution is 7.16. The van der Waals surface area contributed by atoms with Gasteiger partial charge < -0.3 is 14.6 Å². The Bertz CT molecular complexity index is 1020. The van der Waals surface area contributed by atoms with E-state index in [2.05, 4.69) is 5.32 Å². The van der Waals surface area contributed by atoms with Crippen molar-refractivity contribution in [2.75, 3.05) is 11.9 Å². The molecule has 0 unspecified atom stereocenters. The van der Waals surface area contributed by atoms with Crippen molar-refractivity contribution in [2.45, 2.75) is 20.8 Å². The summed E-state index contributed by atoms with van der Waals surface area (Å²) >= 11 is 7.42. The van der Waals surface area contributed by atoms with Crippen molar-refractivity contribution in [1.82, 2.24) is 4.57 Å². The third kappa shape index (κ3) is 3.22. The highest BCUT2D eigenvalue weighted by Crippen LogP contribution is 2.33. The minimum atomic E-state index is -0.423. The number of nitrogens with one attached hydrogen (secondary N) is 1. The third-order valence-corrected chi connectivity index (χ3v) is 5.69. The molecule has 0 radical (unpaired) electrons. The zero-order valence-corrected chi connectivity index (χ0v) is 16.5. The number of aromatic nitrogens is 1. The van der Waals surface area contributed by atoms with Gasteiger partial charge in [-0.3, -0.25) is 4.79 Å². The molecule has 0 bridgehead atoms. The van der Waals surface area contributed by atoms with Crippen molar-refractivity contribution >= 4 is 50.7 Å². The zero-order valence-electron chi connectivity index (χ0n) is 15.0. The first-order valence-electron chi connectivity index (χ1n) is 8.17. The number of carbonyl (C=O) groups is 2. The Labute approximate surface area is 160 Å². The molecule has 0 saturated heterocycles. The van der Waals surface area contributed by atoms with Gasteiger partial charge in [0, 0.05) is 27.9 Å². The monoisotopic (exact) mass is 390 g/mol. The maximum absolute atomic E-state index is 12.8. The summed E-state index contributed by atoms with van der Waals surface area (Å²) in [5.41, 5.74) is 2.60. The number of anilines is 1. The van der Waals surface area contributed by atoms with Gasteiger partial charge >= 0.3 is 5.97 Å². The second-order valence-electron chi connectivity index (χ2n) is 5.95. The normalized spacial score (nSPS) is 11.0. The van der Waals surface area contributed by atoms with E-state index >= 15 is 0 Å². The fourth-order valence-electron chi connectivity index (χ4n) is 2.85. The molecule has 3 rings (SSSR count). The van der Waals surface area contributed by atoms with Crippen LogP contribution in [0, 0.1) is 13.8 Å². The van der Waals surface area contributed by atoms with E-state index in [4.69, 9.17) is 16.3 Å². The molecule has 0 atom stereocenters. The molecular formula is C19H19ClN2O3S. The Balaban J connectivity index is 1.97. The molecule has 0 aliphatic carbocycles. The van der Waals surface area contributed by atoms with Gasteiger partial charge in [0.05, 0.1) is 12.2 Å². The van der Waals surface area contributed by atoms with E-state index in [0.717, 1.165) is 21.3 Å². The van der Waals surface area contributed by atoms with Crippen LogP contribution in [0.1, 0.15) is 38.2 Å². The number of amides is 1. The van der Waals surface area contributed by atoms with Crippen molar-refractivity contribution in [3.05, 3.63) is 51.0 Å². The molecule has 3 aromatic rings. The van der Waals surface area contributed by atoms with Crippen molar-refractivity contribution in [3.63, 3.8) is 0 Å². The lowest BCUT2D eigenvalue weighted by atomic mass is 10.1. The van der Waals surface area contributed by atoms with Crippen LogP contribution in [0.3, 0.4) is 0 Å². The van der Waals surface area contributed by atoms with E-state index in [9.17, 15) is 9.59 Å². The van der Waals surface area contributed by atoms with Crippen LogP contribution in [0.5, 0.6) is 0 Å². The van der Waals surface area contributed by atoms with Gasteiger partial charge in [-0.2, -0.15) is 0 Å². The number of nitrogens with zero attached hydrogens (tertiary/aromatic N) is 1. The molecule has 0 aliphatic rings. The van der Waals surface area contributed by atoms with E-state index in [-0.39, 0.29) is 12.5 Å². The summed E-state index contributed by atoms with van der Waals surface area (Å²) in [6.45, 7) is 5.81. The molecule has 0 saturated carbocycles. The molecule has 0 spiro atoms. The number of hydrogen-bond donors (Lipinski definition) is 1. The molecule has 0 fully saturated rings. The van der Waals surface area contributed by atoms with Gasteiger partial charge in [-0.1, -0.05) is 17.7 Å². The molecule has 136 valence electrons. The summed E-state index contributed by atoms with van der Waals surface area (Å²) in [6.07, 6.45) is 0. The summed E-state index contributed by atoms with van der Waals surface area (Å²) in [5, 5.41) is 4.91. The minimum Gasteiger partial charge on any atom is -0.462 e. The average molecular weight is 391 g/mol. The Morgan fingerprint density at radius 3 is 2.69 bits per heavy atom. The average Bonchev–Trinajstić information content (AvgIpc) is 3.05. The van der Waals surface area contributed by atoms with Crippen LogP contribution in [0.15, 0.2) is 24.3 Å². The predicted molar refractivity (Wildman–Crippen MR) is 106 cm³/mol. The number of rotatable bonds is 4. The smallest absolute Gasteiger partial charge is 0.341 e. The largest absolute Gasteiger partial charge is 0.462 e. The van der Waals surface area contributed by atoms with Gasteiger partial charge in [0.2, 0.25) is 0 Å². The third-order valence-electron chi connectivity index (χ3n) is 4.33. The van der Waals surface area contributed by atoms with E-state index in [1.54, 1.807) is 23.6 Å². The number of esters is 1. The Morgan fingerprint density at radius 1 is 1.27 bits per heavy atom. The van der Waals surface area contributed by atoms with Crippen molar-refractivity contribution in [3.8, 4) is 0 Å². The number of thiophene rings is 1. The highest BCUT2D eigenvalue weighted by atomic mass is 35.5. The standard InChI is InChI=1S/C19H19ClN2O3S/c1-5-25-19(24)16-10(2)11(3)26-18(16)21-17(23)15-8-12-6-7-13(20)9-14(12)22(15)4/h6-9H,5H2,1-4H3,(H,21,23). The van der Waals surface area contributed by atoms with Gasteiger partial charge in [0.25, 0.3) is 5.91 Å². The van der Waals surface area contributed by atoms with E-state index < -0.39 is 5.97 Å². The van der Waals surface area contributed by atoms with Crippen molar-refractivity contribution < 1.29 is 14.3 Å². The molecule has 2 aromatic heterocycles. The molecule has 26 heavy (non-hydrogen) atoms. The van der Waals surface area contributed by atoms with Crippen LogP contribution >= 0.6 is 22.9 Å². The van der Waals surface area contributed by atoms with Crippen LogP contribution in [0.25, 0.3) is 10.9 Å². The predicted octanol–water partition coefficient (Wildman–Crippen LogP) is 4.94. The first-order valence-corrected chi connectivity index (χ1v) is 9.36. The van der Waals surface area contributed by atoms with Crippen LogP contribution in [0.2, 0.25) is 5.02 Å². The summed E-state index contributed by atoms with van der Waals surface area (Å²) in [6, 6.07) is 7.28. The van der Waals surface area contributed by atoms with Gasteiger partial charge in [0.1, 0.15) is 10.7 Å². The maximum Gasteiger partial charge on any atom is 0.341 e. The van der Waals surface area contributed by atoms with Gasteiger partial charge in [0.15, 0.2) is 0 Å². The van der Waals surface area contributed by atoms with Crippen LogP contribution < -0.4 is 5.32 Å². The topological polar surface area (TPSA) is 60.3 Å². The fourth-order valence-corrected chi connectivity index (χ4v) is 4.06. The summed E-state index contributed by atoms with van der Waals surface area (Å²) in [5.74, 6) is -0.708. The molecule has 1 amide bonds. The number of benzene rings is 1. The second-order valence-corrected chi connectivity index (χ2v) is 7.61. The number of carbonyl (C=O) groups excluding carboxylic acids is 2. The van der Waals surface area contributed by atoms with E-state index in [1.807, 2.05) is 33.0 Å². The second kappa shape index (κ2) is 7.13. The quantitative estimate of drug-likeness (QED) is 0.642. The van der Waals surface area contributed by atoms with Gasteiger partial charge in [-0.15, -0.1) is 11.3 Å². The lowest BCUT2D eigenvalue weighted by molar-refractivity contribution is 0.0527. The maximum atomic E-state index is 12.8. The summed E-state index contributed by atoms with van der Waals surface area (Å²) in [7, 11) is 1.81. The molecule has 7 heteroatoms. The Morgan fingerprint density at radius 2 is 2.00 bits per heavy atom. The molecule has 1 aromatic carbocycles. The summed E-state index contributed by atoms with van der Waals surface area (Å²) < 4.78 is 6.92. The molecule has 1 N–H and O–H groups in total. The van der Waals surface area contributed by atoms with Crippen molar-refractivity contribution in [1.29, 1.82) is 0 Å². The Kier molecular flexibility index (Phi) is 5.07. The number of ether oxygens (including phenoxy) is 1. The lowest BCUT2D eigenvalue weighted by Crippen LogP contribution is -2.17. The molecular weight excluding hydrogens is 372 g/mol. The number of halogens is 1. The SMILES string of the molecule is CCOC(=O)c1c(NC(=O)c2cc3ccc(Cl)cc3n2C)sc(C)c1C. The van der Waals surface area contributed by atoms with E-state index in [1.165, 1.54) is 11.3 Å². The molecule has 2 heterocycles. The van der Waals surface area contributed by atoms with Gasteiger partial charge in [-0.25, -0.2) is 4.79 Å². The minimum absolute atomic E-state index is 0.282. The van der Waals surface area contributed by atoms with Crippen molar-refractivity contribution in [2.24, 2.45) is 7.05 Å². The van der Waals surface area contributed by atoms with Crippen LogP contribution in [-0.2, 0) is 11.8 Å². The van der Waals surface area contributed by atoms with Gasteiger partial charge in [-0.05, 0) is 44.5 Å². The van der Waals surface area contributed by atoms with Crippen LogP contribution in [0.4, 0.5) is 5.00 Å². The fraction of sp³-hybridized carbons (Fsp3) is 0.263. The zero-order chi connectivity index (χ0) is 19.0. The first-order chi connectivity index (χ1) is 12.3. The first kappa shape index (κ1) is 18.5.